The Morgan fingerprint density at radius 2 is 1.79 bits per heavy atom. The van der Waals surface area contributed by atoms with Gasteiger partial charge in [-0.15, -0.1) is 11.3 Å². The zero-order valence-electron chi connectivity index (χ0n) is 11.9. The van der Waals surface area contributed by atoms with E-state index in [1.165, 1.54) is 21.7 Å². The lowest BCUT2D eigenvalue weighted by Crippen LogP contribution is -3.04. The van der Waals surface area contributed by atoms with Crippen molar-refractivity contribution in [2.75, 3.05) is 14.1 Å². The zero-order valence-corrected chi connectivity index (χ0v) is 12.8. The molecule has 2 aromatic rings. The van der Waals surface area contributed by atoms with Gasteiger partial charge in [0.25, 0.3) is 0 Å². The first-order valence-corrected chi connectivity index (χ1v) is 7.61. The zero-order chi connectivity index (χ0) is 13.7. The number of nitrogens with two attached hydrogens (primary N) is 1. The predicted molar refractivity (Wildman–Crippen MR) is 79.1 cm³/mol. The Morgan fingerprint density at radius 1 is 1.11 bits per heavy atom. The van der Waals surface area contributed by atoms with E-state index in [1.54, 1.807) is 11.3 Å². The predicted octanol–water partition coefficient (Wildman–Crippen LogP) is 0.360. The normalized spacial score (nSPS) is 11.2. The summed E-state index contributed by atoms with van der Waals surface area (Å²) in [5.74, 6) is 0. The van der Waals surface area contributed by atoms with Crippen molar-refractivity contribution in [1.82, 2.24) is 4.98 Å². The maximum atomic E-state index is 4.47. The van der Waals surface area contributed by atoms with Crippen LogP contribution in [0.2, 0.25) is 0 Å². The Labute approximate surface area is 119 Å². The number of aromatic nitrogens is 1. The van der Waals surface area contributed by atoms with Crippen LogP contribution < -0.4 is 10.2 Å². The summed E-state index contributed by atoms with van der Waals surface area (Å²) in [6.45, 7) is 5.13. The highest BCUT2D eigenvalue weighted by Gasteiger charge is 2.02. The van der Waals surface area contributed by atoms with Crippen LogP contribution in [0.25, 0.3) is 0 Å². The molecule has 3 nitrogen and oxygen atoms in total. The van der Waals surface area contributed by atoms with Crippen LogP contribution in [0.15, 0.2) is 29.6 Å². The molecule has 0 unspecified atom stereocenters. The van der Waals surface area contributed by atoms with E-state index in [0.29, 0.717) is 0 Å². The van der Waals surface area contributed by atoms with E-state index in [-0.39, 0.29) is 0 Å². The Kier molecular flexibility index (Phi) is 5.07. The molecule has 0 amide bonds. The Balaban J connectivity index is 1.79. The molecule has 19 heavy (non-hydrogen) atoms. The third-order valence-corrected chi connectivity index (χ3v) is 3.80. The van der Waals surface area contributed by atoms with Crippen molar-refractivity contribution in [1.29, 1.82) is 0 Å². The molecular formula is C15H23N3S+2. The van der Waals surface area contributed by atoms with Gasteiger partial charge in [0.1, 0.15) is 25.3 Å². The molecule has 0 atom stereocenters. The molecule has 0 aliphatic rings. The molecule has 0 aliphatic heterocycles. The molecule has 0 spiro atoms. The molecule has 4 heteroatoms. The quantitative estimate of drug-likeness (QED) is 0.785. The first kappa shape index (κ1) is 14.2. The van der Waals surface area contributed by atoms with Crippen LogP contribution >= 0.6 is 11.3 Å². The fourth-order valence-electron chi connectivity index (χ4n) is 2.09. The molecule has 0 saturated carbocycles. The van der Waals surface area contributed by atoms with E-state index in [1.807, 2.05) is 0 Å². The molecule has 1 heterocycles. The van der Waals surface area contributed by atoms with Crippen molar-refractivity contribution < 1.29 is 10.2 Å². The number of hydrogen-bond acceptors (Lipinski definition) is 2. The second kappa shape index (κ2) is 6.80. The molecule has 0 saturated heterocycles. The maximum Gasteiger partial charge on any atom is 0.120 e. The van der Waals surface area contributed by atoms with Gasteiger partial charge in [-0.1, -0.05) is 24.3 Å². The van der Waals surface area contributed by atoms with Crippen molar-refractivity contribution in [3.8, 4) is 0 Å². The van der Waals surface area contributed by atoms with E-state index < -0.39 is 0 Å². The summed E-state index contributed by atoms with van der Waals surface area (Å²) in [6.07, 6.45) is 0. The van der Waals surface area contributed by atoms with Crippen molar-refractivity contribution in [2.24, 2.45) is 0 Å². The van der Waals surface area contributed by atoms with Gasteiger partial charge in [-0.05, 0) is 6.92 Å². The lowest BCUT2D eigenvalue weighted by Gasteiger charge is -2.07. The summed E-state index contributed by atoms with van der Waals surface area (Å²) < 4.78 is 0. The molecule has 1 aromatic heterocycles. The molecule has 2 rings (SSSR count). The van der Waals surface area contributed by atoms with E-state index >= 15 is 0 Å². The van der Waals surface area contributed by atoms with Crippen molar-refractivity contribution in [2.45, 2.75) is 26.6 Å². The summed E-state index contributed by atoms with van der Waals surface area (Å²) in [5.41, 5.74) is 3.97. The summed E-state index contributed by atoms with van der Waals surface area (Å²) in [7, 11) is 4.36. The standard InChI is InChI=1S/C15H21N3S/c1-12-17-15(11-19-12)9-16-8-13-4-6-14(7-5-13)10-18(2)3/h4-7,11,16H,8-10H2,1-3H3/p+2. The summed E-state index contributed by atoms with van der Waals surface area (Å²) in [4.78, 5) is 5.93. The molecule has 3 N–H and O–H groups in total. The summed E-state index contributed by atoms with van der Waals surface area (Å²) >= 11 is 1.72. The minimum absolute atomic E-state index is 0.966. The first-order chi connectivity index (χ1) is 9.13. The third-order valence-electron chi connectivity index (χ3n) is 2.98. The van der Waals surface area contributed by atoms with Crippen LogP contribution in [-0.4, -0.2) is 19.1 Å². The molecule has 1 aromatic carbocycles. The average Bonchev–Trinajstić information content (AvgIpc) is 2.77. The maximum absolute atomic E-state index is 4.47. The van der Waals surface area contributed by atoms with Gasteiger partial charge in [0.2, 0.25) is 0 Å². The third kappa shape index (κ3) is 4.74. The SMILES string of the molecule is Cc1nc(C[NH2+]Cc2ccc(C[NH+](C)C)cc2)cs1. The van der Waals surface area contributed by atoms with Crippen LogP contribution in [0.4, 0.5) is 0 Å². The first-order valence-electron chi connectivity index (χ1n) is 6.73. The smallest absolute Gasteiger partial charge is 0.120 e. The van der Waals surface area contributed by atoms with E-state index in [4.69, 9.17) is 0 Å². The minimum atomic E-state index is 0.966. The minimum Gasteiger partial charge on any atom is -0.337 e. The fourth-order valence-corrected chi connectivity index (χ4v) is 2.72. The summed E-state index contributed by atoms with van der Waals surface area (Å²) in [6, 6.07) is 8.95. The Morgan fingerprint density at radius 3 is 2.37 bits per heavy atom. The van der Waals surface area contributed by atoms with Crippen LogP contribution in [0.3, 0.4) is 0 Å². The fraction of sp³-hybridized carbons (Fsp3) is 0.400. The average molecular weight is 277 g/mol. The second-order valence-corrected chi connectivity index (χ2v) is 6.32. The lowest BCUT2D eigenvalue weighted by molar-refractivity contribution is -0.872. The Hall–Kier alpha value is -1.23. The monoisotopic (exact) mass is 277 g/mol. The van der Waals surface area contributed by atoms with Crippen molar-refractivity contribution in [3.63, 3.8) is 0 Å². The van der Waals surface area contributed by atoms with Gasteiger partial charge in [-0.2, -0.15) is 0 Å². The van der Waals surface area contributed by atoms with Crippen LogP contribution in [0, 0.1) is 6.92 Å². The lowest BCUT2D eigenvalue weighted by atomic mass is 10.1. The van der Waals surface area contributed by atoms with Gasteiger partial charge in [0.05, 0.1) is 19.1 Å². The number of nitrogens with one attached hydrogen (secondary N) is 1. The second-order valence-electron chi connectivity index (χ2n) is 5.26. The van der Waals surface area contributed by atoms with Gasteiger partial charge in [-0.25, -0.2) is 4.98 Å². The van der Waals surface area contributed by atoms with Gasteiger partial charge < -0.3 is 10.2 Å². The van der Waals surface area contributed by atoms with Crippen LogP contribution in [0.1, 0.15) is 21.8 Å². The highest BCUT2D eigenvalue weighted by Crippen LogP contribution is 2.06. The molecule has 0 fully saturated rings. The number of hydrogen-bond donors (Lipinski definition) is 2. The highest BCUT2D eigenvalue weighted by atomic mass is 32.1. The summed E-state index contributed by atoms with van der Waals surface area (Å²) in [5, 5.41) is 5.61. The van der Waals surface area contributed by atoms with E-state index in [2.05, 4.69) is 61.0 Å². The number of nitrogens with zero attached hydrogens (tertiary/aromatic N) is 1. The Bertz CT molecular complexity index is 502. The largest absolute Gasteiger partial charge is 0.337 e. The molecule has 102 valence electrons. The number of quaternary nitrogens is 2. The van der Waals surface area contributed by atoms with Gasteiger partial charge in [0, 0.05) is 16.5 Å². The number of benzene rings is 1. The highest BCUT2D eigenvalue weighted by molar-refractivity contribution is 7.09. The van der Waals surface area contributed by atoms with Gasteiger partial charge in [0.15, 0.2) is 0 Å². The number of thiazole rings is 1. The molecule has 0 bridgehead atoms. The topological polar surface area (TPSA) is 33.9 Å². The molecule has 0 radical (unpaired) electrons. The molecular weight excluding hydrogens is 254 g/mol. The van der Waals surface area contributed by atoms with Crippen molar-refractivity contribution in [3.05, 3.63) is 51.5 Å². The van der Waals surface area contributed by atoms with Crippen molar-refractivity contribution >= 4 is 11.3 Å². The molecule has 0 aliphatic carbocycles. The number of rotatable bonds is 6. The van der Waals surface area contributed by atoms with Gasteiger partial charge in [-0.3, -0.25) is 0 Å². The van der Waals surface area contributed by atoms with E-state index in [0.717, 1.165) is 24.6 Å². The van der Waals surface area contributed by atoms with Crippen LogP contribution in [0.5, 0.6) is 0 Å². The van der Waals surface area contributed by atoms with Crippen LogP contribution in [-0.2, 0) is 19.6 Å². The number of aryl methyl sites for hydroxylation is 1. The van der Waals surface area contributed by atoms with E-state index in [9.17, 15) is 0 Å². The van der Waals surface area contributed by atoms with Gasteiger partial charge >= 0.3 is 0 Å².